The molecule has 0 spiro atoms. The molecular formula is C18H25FN4O2. The molecule has 3 amide bonds. The molecule has 2 heterocycles. The summed E-state index contributed by atoms with van der Waals surface area (Å²) >= 11 is 0. The Bertz CT molecular complexity index is 614. The normalized spacial score (nSPS) is 22.1. The first-order valence-corrected chi connectivity index (χ1v) is 8.86. The van der Waals surface area contributed by atoms with Gasteiger partial charge in [0.2, 0.25) is 5.91 Å². The summed E-state index contributed by atoms with van der Waals surface area (Å²) in [7, 11) is 0. The van der Waals surface area contributed by atoms with Crippen LogP contribution in [0.2, 0.25) is 0 Å². The highest BCUT2D eigenvalue weighted by molar-refractivity contribution is 5.82. The van der Waals surface area contributed by atoms with E-state index in [0.29, 0.717) is 19.6 Å². The molecule has 0 bridgehead atoms. The van der Waals surface area contributed by atoms with Gasteiger partial charge in [0, 0.05) is 25.7 Å². The first-order valence-electron chi connectivity index (χ1n) is 8.86. The van der Waals surface area contributed by atoms with Crippen molar-refractivity contribution in [3.05, 3.63) is 35.6 Å². The van der Waals surface area contributed by atoms with Crippen LogP contribution >= 0.6 is 0 Å². The predicted molar refractivity (Wildman–Crippen MR) is 92.2 cm³/mol. The number of likely N-dealkylation sites (tertiary alicyclic amines) is 2. The minimum absolute atomic E-state index is 0.0560. The number of nitrogens with two attached hydrogens (primary N) is 1. The second-order valence-electron chi connectivity index (χ2n) is 6.86. The molecule has 1 aromatic rings. The molecule has 3 rings (SSSR count). The summed E-state index contributed by atoms with van der Waals surface area (Å²) in [5.74, 6) is -0.0811. The SMILES string of the molecule is NC(=O)NC1CCN(C(=O)C2CCCN2Cc2ccc(F)cc2)CC1. The van der Waals surface area contributed by atoms with Crippen molar-refractivity contribution in [1.29, 1.82) is 0 Å². The Morgan fingerprint density at radius 3 is 2.44 bits per heavy atom. The van der Waals surface area contributed by atoms with E-state index in [1.54, 1.807) is 12.1 Å². The van der Waals surface area contributed by atoms with Crippen LogP contribution in [0.25, 0.3) is 0 Å². The van der Waals surface area contributed by atoms with Gasteiger partial charge < -0.3 is 16.0 Å². The van der Waals surface area contributed by atoms with Crippen molar-refractivity contribution >= 4 is 11.9 Å². The number of benzene rings is 1. The second-order valence-corrected chi connectivity index (χ2v) is 6.86. The maximum Gasteiger partial charge on any atom is 0.312 e. The molecule has 2 aliphatic rings. The highest BCUT2D eigenvalue weighted by Gasteiger charge is 2.35. The lowest BCUT2D eigenvalue weighted by molar-refractivity contribution is -0.137. The number of piperidine rings is 1. The van der Waals surface area contributed by atoms with Gasteiger partial charge in [-0.2, -0.15) is 0 Å². The van der Waals surface area contributed by atoms with Crippen molar-refractivity contribution < 1.29 is 14.0 Å². The number of urea groups is 1. The van der Waals surface area contributed by atoms with E-state index in [0.717, 1.165) is 37.8 Å². The Kier molecular flexibility index (Phi) is 5.53. The molecule has 7 heteroatoms. The fraction of sp³-hybridized carbons (Fsp3) is 0.556. The van der Waals surface area contributed by atoms with Crippen LogP contribution in [0, 0.1) is 5.82 Å². The summed E-state index contributed by atoms with van der Waals surface area (Å²) in [6.07, 6.45) is 3.33. The number of hydrogen-bond acceptors (Lipinski definition) is 3. The number of amides is 3. The van der Waals surface area contributed by atoms with Gasteiger partial charge in [-0.3, -0.25) is 9.69 Å². The van der Waals surface area contributed by atoms with Crippen LogP contribution in [0.5, 0.6) is 0 Å². The molecule has 0 radical (unpaired) electrons. The third kappa shape index (κ3) is 4.48. The molecule has 136 valence electrons. The van der Waals surface area contributed by atoms with Crippen molar-refractivity contribution in [3.8, 4) is 0 Å². The van der Waals surface area contributed by atoms with Gasteiger partial charge in [0.1, 0.15) is 5.82 Å². The molecule has 3 N–H and O–H groups in total. The molecule has 25 heavy (non-hydrogen) atoms. The van der Waals surface area contributed by atoms with Gasteiger partial charge in [-0.1, -0.05) is 12.1 Å². The zero-order valence-corrected chi connectivity index (χ0v) is 14.3. The number of carbonyl (C=O) groups is 2. The predicted octanol–water partition coefficient (Wildman–Crippen LogP) is 1.45. The zero-order valence-electron chi connectivity index (χ0n) is 14.3. The number of nitrogens with zero attached hydrogens (tertiary/aromatic N) is 2. The Morgan fingerprint density at radius 2 is 1.80 bits per heavy atom. The lowest BCUT2D eigenvalue weighted by atomic mass is 10.0. The number of rotatable bonds is 4. The van der Waals surface area contributed by atoms with Crippen LogP contribution in [0.1, 0.15) is 31.2 Å². The van der Waals surface area contributed by atoms with Gasteiger partial charge in [-0.25, -0.2) is 9.18 Å². The van der Waals surface area contributed by atoms with Crippen LogP contribution < -0.4 is 11.1 Å². The summed E-state index contributed by atoms with van der Waals surface area (Å²) in [5, 5.41) is 2.72. The highest BCUT2D eigenvalue weighted by atomic mass is 19.1. The lowest BCUT2D eigenvalue weighted by Gasteiger charge is -2.35. The minimum atomic E-state index is -0.508. The number of primary amides is 1. The van der Waals surface area contributed by atoms with Crippen molar-refractivity contribution in [3.63, 3.8) is 0 Å². The second kappa shape index (κ2) is 7.82. The van der Waals surface area contributed by atoms with Crippen molar-refractivity contribution in [2.24, 2.45) is 5.73 Å². The molecule has 1 unspecified atom stereocenters. The summed E-state index contributed by atoms with van der Waals surface area (Å²) in [4.78, 5) is 27.9. The number of halogens is 1. The van der Waals surface area contributed by atoms with Gasteiger partial charge in [0.25, 0.3) is 0 Å². The highest BCUT2D eigenvalue weighted by Crippen LogP contribution is 2.23. The molecule has 2 fully saturated rings. The molecule has 0 saturated carbocycles. The van der Waals surface area contributed by atoms with E-state index in [-0.39, 0.29) is 23.8 Å². The minimum Gasteiger partial charge on any atom is -0.352 e. The molecule has 6 nitrogen and oxygen atoms in total. The molecule has 0 aromatic heterocycles. The number of hydrogen-bond donors (Lipinski definition) is 2. The average molecular weight is 348 g/mol. The van der Waals surface area contributed by atoms with Gasteiger partial charge in [0.05, 0.1) is 6.04 Å². The molecular weight excluding hydrogens is 323 g/mol. The van der Waals surface area contributed by atoms with Crippen LogP contribution in [-0.2, 0) is 11.3 Å². The summed E-state index contributed by atoms with van der Waals surface area (Å²) < 4.78 is 13.1. The molecule has 1 atom stereocenters. The molecule has 1 aromatic carbocycles. The van der Waals surface area contributed by atoms with Crippen LogP contribution in [0.15, 0.2) is 24.3 Å². The van der Waals surface area contributed by atoms with Gasteiger partial charge in [-0.15, -0.1) is 0 Å². The van der Waals surface area contributed by atoms with Crippen molar-refractivity contribution in [2.45, 2.75) is 44.3 Å². The average Bonchev–Trinajstić information content (AvgIpc) is 3.04. The monoisotopic (exact) mass is 348 g/mol. The van der Waals surface area contributed by atoms with Crippen molar-refractivity contribution in [2.75, 3.05) is 19.6 Å². The molecule has 2 saturated heterocycles. The Labute approximate surface area is 147 Å². The van der Waals surface area contributed by atoms with E-state index >= 15 is 0 Å². The van der Waals surface area contributed by atoms with Gasteiger partial charge in [0.15, 0.2) is 0 Å². The standard InChI is InChI=1S/C18H25FN4O2/c19-14-5-3-13(4-6-14)12-23-9-1-2-16(23)17(24)22-10-7-15(8-11-22)21-18(20)25/h3-6,15-16H,1-2,7-12H2,(H3,20,21,25). The Balaban J connectivity index is 1.56. The zero-order chi connectivity index (χ0) is 17.8. The maximum absolute atomic E-state index is 13.1. The number of nitrogens with one attached hydrogen (secondary N) is 1. The van der Waals surface area contributed by atoms with Crippen LogP contribution in [-0.4, -0.2) is 53.5 Å². The quantitative estimate of drug-likeness (QED) is 0.864. The lowest BCUT2D eigenvalue weighted by Crippen LogP contribution is -2.52. The summed E-state index contributed by atoms with van der Waals surface area (Å²) in [6.45, 7) is 2.83. The van der Waals surface area contributed by atoms with E-state index in [1.165, 1.54) is 12.1 Å². The number of carbonyl (C=O) groups excluding carboxylic acids is 2. The third-order valence-corrected chi connectivity index (χ3v) is 5.10. The van der Waals surface area contributed by atoms with E-state index in [4.69, 9.17) is 5.73 Å². The fourth-order valence-corrected chi connectivity index (χ4v) is 3.78. The van der Waals surface area contributed by atoms with Crippen LogP contribution in [0.3, 0.4) is 0 Å². The molecule has 0 aliphatic carbocycles. The van der Waals surface area contributed by atoms with Crippen LogP contribution in [0.4, 0.5) is 9.18 Å². The van der Waals surface area contributed by atoms with Crippen molar-refractivity contribution in [1.82, 2.24) is 15.1 Å². The first kappa shape index (κ1) is 17.7. The largest absolute Gasteiger partial charge is 0.352 e. The topological polar surface area (TPSA) is 78.7 Å². The first-order chi connectivity index (χ1) is 12.0. The maximum atomic E-state index is 13.1. The summed E-state index contributed by atoms with van der Waals surface area (Å²) in [5.41, 5.74) is 6.18. The van der Waals surface area contributed by atoms with Gasteiger partial charge in [-0.05, 0) is 49.9 Å². The van der Waals surface area contributed by atoms with Gasteiger partial charge >= 0.3 is 6.03 Å². The van der Waals surface area contributed by atoms with E-state index in [1.807, 2.05) is 4.90 Å². The smallest absolute Gasteiger partial charge is 0.312 e. The van der Waals surface area contributed by atoms with E-state index in [9.17, 15) is 14.0 Å². The third-order valence-electron chi connectivity index (χ3n) is 5.10. The molecule has 2 aliphatic heterocycles. The fourth-order valence-electron chi connectivity index (χ4n) is 3.78. The Hall–Kier alpha value is -2.15. The Morgan fingerprint density at radius 1 is 1.12 bits per heavy atom. The van der Waals surface area contributed by atoms with E-state index < -0.39 is 6.03 Å². The summed E-state index contributed by atoms with van der Waals surface area (Å²) in [6, 6.07) is 5.90. The van der Waals surface area contributed by atoms with E-state index in [2.05, 4.69) is 10.2 Å².